The molecular weight excluding hydrogens is 326 g/mol. The predicted molar refractivity (Wildman–Crippen MR) is 91.5 cm³/mol. The second kappa shape index (κ2) is 5.53. The molecule has 3 N–H and O–H groups in total. The Morgan fingerprint density at radius 1 is 1.24 bits per heavy atom. The molecule has 1 atom stereocenters. The summed E-state index contributed by atoms with van der Waals surface area (Å²) in [6.07, 6.45) is 1.09. The van der Waals surface area contributed by atoms with Crippen molar-refractivity contribution < 1.29 is 0 Å². The van der Waals surface area contributed by atoms with Gasteiger partial charge in [-0.15, -0.1) is 0 Å². The lowest BCUT2D eigenvalue weighted by Gasteiger charge is -2.36. The number of hydrogen-bond donors (Lipinski definition) is 2. The van der Waals surface area contributed by atoms with Crippen LogP contribution in [0, 0.1) is 11.3 Å². The molecule has 0 amide bonds. The molecule has 0 spiro atoms. The number of amidine groups is 1. The molecule has 1 unspecified atom stereocenters. The number of nitrogen functional groups attached to an aromatic ring is 1. The number of para-hydroxylation sites is 1. The Kier molecular flexibility index (Phi) is 3.72. The Morgan fingerprint density at radius 3 is 2.76 bits per heavy atom. The van der Waals surface area contributed by atoms with Gasteiger partial charge in [0, 0.05) is 22.3 Å². The summed E-state index contributed by atoms with van der Waals surface area (Å²) in [6, 6.07) is 14.4. The number of fused-ring (bicyclic) bond motifs is 1. The molecule has 0 saturated heterocycles. The molecule has 0 radical (unpaired) electrons. The second-order valence-electron chi connectivity index (χ2n) is 5.62. The largest absolute Gasteiger partial charge is 0.384 e. The maximum atomic E-state index is 7.84. The van der Waals surface area contributed by atoms with Crippen molar-refractivity contribution in [3.05, 3.63) is 58.1 Å². The van der Waals surface area contributed by atoms with Crippen molar-refractivity contribution in [3.63, 3.8) is 0 Å². The van der Waals surface area contributed by atoms with Crippen LogP contribution in [0.1, 0.15) is 18.1 Å². The predicted octanol–water partition coefficient (Wildman–Crippen LogP) is 4.06. The lowest BCUT2D eigenvalue weighted by atomic mass is 9.93. The molecule has 108 valence electrons. The molecule has 0 bridgehead atoms. The van der Waals surface area contributed by atoms with Gasteiger partial charge < -0.3 is 10.6 Å². The smallest absolute Gasteiger partial charge is 0.124 e. The maximum Gasteiger partial charge on any atom is 0.124 e. The highest BCUT2D eigenvalue weighted by molar-refractivity contribution is 9.10. The van der Waals surface area contributed by atoms with Crippen LogP contribution in [0.3, 0.4) is 0 Å². The zero-order valence-corrected chi connectivity index (χ0v) is 13.5. The Bertz CT molecular complexity index is 696. The van der Waals surface area contributed by atoms with Crippen LogP contribution in [-0.2, 0) is 6.42 Å². The van der Waals surface area contributed by atoms with Crippen molar-refractivity contribution in [2.24, 2.45) is 11.7 Å². The molecule has 3 nitrogen and oxygen atoms in total. The third kappa shape index (κ3) is 2.68. The summed E-state index contributed by atoms with van der Waals surface area (Å²) in [7, 11) is 0. The van der Waals surface area contributed by atoms with Gasteiger partial charge in [0.25, 0.3) is 0 Å². The van der Waals surface area contributed by atoms with E-state index in [0.717, 1.165) is 28.7 Å². The van der Waals surface area contributed by atoms with Gasteiger partial charge in [-0.2, -0.15) is 0 Å². The zero-order chi connectivity index (χ0) is 15.0. The molecule has 21 heavy (non-hydrogen) atoms. The molecule has 0 aromatic heterocycles. The van der Waals surface area contributed by atoms with Gasteiger partial charge in [-0.05, 0) is 42.2 Å². The summed E-state index contributed by atoms with van der Waals surface area (Å²) in [5.41, 5.74) is 10.1. The Labute approximate surface area is 133 Å². The monoisotopic (exact) mass is 343 g/mol. The average molecular weight is 344 g/mol. The highest BCUT2D eigenvalue weighted by atomic mass is 79.9. The fraction of sp³-hybridized carbons (Fsp3) is 0.235. The summed E-state index contributed by atoms with van der Waals surface area (Å²) in [5, 5.41) is 7.84. The van der Waals surface area contributed by atoms with Crippen LogP contribution in [0.25, 0.3) is 0 Å². The molecule has 4 heteroatoms. The number of nitrogens with one attached hydrogen (secondary N) is 1. The molecule has 2 aromatic rings. The van der Waals surface area contributed by atoms with Crippen molar-refractivity contribution in [2.45, 2.75) is 13.3 Å². The average Bonchev–Trinajstić information content (AvgIpc) is 2.45. The summed E-state index contributed by atoms with van der Waals surface area (Å²) >= 11 is 3.53. The van der Waals surface area contributed by atoms with E-state index in [2.05, 4.69) is 52.0 Å². The van der Waals surface area contributed by atoms with Crippen LogP contribution in [-0.4, -0.2) is 12.4 Å². The number of hydrogen-bond acceptors (Lipinski definition) is 2. The summed E-state index contributed by atoms with van der Waals surface area (Å²) < 4.78 is 0.998. The summed E-state index contributed by atoms with van der Waals surface area (Å²) in [5.74, 6) is 0.673. The van der Waals surface area contributed by atoms with Crippen LogP contribution in [0.5, 0.6) is 0 Å². The standard InChI is InChI=1S/C17H18BrN3/c1-11-8-12-4-2-3-5-15(12)21(10-11)16-9-13(18)6-7-14(16)17(19)20/h2-7,9,11H,8,10H2,1H3,(H3,19,20). The van der Waals surface area contributed by atoms with Crippen molar-refractivity contribution >= 4 is 33.1 Å². The molecule has 0 saturated carbocycles. The first-order chi connectivity index (χ1) is 10.1. The molecule has 3 rings (SSSR count). The molecule has 2 aromatic carbocycles. The van der Waals surface area contributed by atoms with Gasteiger partial charge in [0.15, 0.2) is 0 Å². The van der Waals surface area contributed by atoms with Gasteiger partial charge in [-0.3, -0.25) is 5.41 Å². The number of nitrogens with two attached hydrogens (primary N) is 1. The quantitative estimate of drug-likeness (QED) is 0.638. The fourth-order valence-corrected chi connectivity index (χ4v) is 3.33. The van der Waals surface area contributed by atoms with Crippen LogP contribution in [0.4, 0.5) is 11.4 Å². The van der Waals surface area contributed by atoms with Crippen molar-refractivity contribution in [1.29, 1.82) is 5.41 Å². The lowest BCUT2D eigenvalue weighted by molar-refractivity contribution is 0.562. The Morgan fingerprint density at radius 2 is 2.00 bits per heavy atom. The Hall–Kier alpha value is -1.81. The third-order valence-electron chi connectivity index (χ3n) is 3.89. The van der Waals surface area contributed by atoms with E-state index in [4.69, 9.17) is 11.1 Å². The minimum absolute atomic E-state index is 0.105. The zero-order valence-electron chi connectivity index (χ0n) is 11.9. The second-order valence-corrected chi connectivity index (χ2v) is 6.54. The van der Waals surface area contributed by atoms with Crippen LogP contribution in [0.15, 0.2) is 46.9 Å². The van der Waals surface area contributed by atoms with Gasteiger partial charge in [-0.25, -0.2) is 0 Å². The van der Waals surface area contributed by atoms with Gasteiger partial charge in [0.05, 0.1) is 5.69 Å². The molecule has 0 aliphatic carbocycles. The minimum Gasteiger partial charge on any atom is -0.384 e. The highest BCUT2D eigenvalue weighted by Crippen LogP contribution is 2.37. The van der Waals surface area contributed by atoms with Crippen LogP contribution in [0.2, 0.25) is 0 Å². The first-order valence-electron chi connectivity index (χ1n) is 7.05. The first kappa shape index (κ1) is 14.1. The van der Waals surface area contributed by atoms with E-state index in [1.807, 2.05) is 18.2 Å². The first-order valence-corrected chi connectivity index (χ1v) is 7.85. The van der Waals surface area contributed by atoms with Crippen LogP contribution < -0.4 is 10.6 Å². The van der Waals surface area contributed by atoms with Crippen molar-refractivity contribution in [2.75, 3.05) is 11.4 Å². The topological polar surface area (TPSA) is 53.1 Å². The summed E-state index contributed by atoms with van der Waals surface area (Å²) in [6.45, 7) is 3.20. The third-order valence-corrected chi connectivity index (χ3v) is 4.38. The Balaban J connectivity index is 2.17. The van der Waals surface area contributed by atoms with Crippen molar-refractivity contribution in [1.82, 2.24) is 0 Å². The molecule has 1 aliphatic heterocycles. The van der Waals surface area contributed by atoms with Gasteiger partial charge in [0.1, 0.15) is 5.84 Å². The minimum atomic E-state index is 0.105. The number of nitrogens with zero attached hydrogens (tertiary/aromatic N) is 1. The van der Waals surface area contributed by atoms with E-state index >= 15 is 0 Å². The van der Waals surface area contributed by atoms with E-state index in [1.54, 1.807) is 0 Å². The maximum absolute atomic E-state index is 7.84. The fourth-order valence-electron chi connectivity index (χ4n) is 2.98. The van der Waals surface area contributed by atoms with E-state index in [0.29, 0.717) is 5.92 Å². The molecular formula is C17H18BrN3. The number of benzene rings is 2. The number of anilines is 2. The molecule has 1 heterocycles. The van der Waals surface area contributed by atoms with E-state index in [9.17, 15) is 0 Å². The molecule has 1 aliphatic rings. The normalized spacial score (nSPS) is 17.4. The van der Waals surface area contributed by atoms with E-state index in [1.165, 1.54) is 11.3 Å². The van der Waals surface area contributed by atoms with Gasteiger partial charge in [-0.1, -0.05) is 41.1 Å². The lowest BCUT2D eigenvalue weighted by Crippen LogP contribution is -2.32. The van der Waals surface area contributed by atoms with Gasteiger partial charge >= 0.3 is 0 Å². The van der Waals surface area contributed by atoms with Gasteiger partial charge in [0.2, 0.25) is 0 Å². The molecule has 0 fully saturated rings. The number of halogens is 1. The van der Waals surface area contributed by atoms with Crippen LogP contribution >= 0.6 is 15.9 Å². The van der Waals surface area contributed by atoms with Crippen molar-refractivity contribution in [3.8, 4) is 0 Å². The van der Waals surface area contributed by atoms with E-state index < -0.39 is 0 Å². The summed E-state index contributed by atoms with van der Waals surface area (Å²) in [4.78, 5) is 2.28. The number of rotatable bonds is 2. The highest BCUT2D eigenvalue weighted by Gasteiger charge is 2.24. The SMILES string of the molecule is CC1Cc2ccccc2N(c2cc(Br)ccc2C(=N)N)C1. The van der Waals surface area contributed by atoms with E-state index in [-0.39, 0.29) is 5.84 Å².